The molecule has 2 N–H and O–H groups in total. The number of aliphatic hydroxyl groups excluding tert-OH is 1. The lowest BCUT2D eigenvalue weighted by Gasteiger charge is -1.74. The molecule has 2 nitrogen and oxygen atoms in total. The van der Waals surface area contributed by atoms with Crippen LogP contribution in [0.15, 0.2) is 0 Å². The van der Waals surface area contributed by atoms with Crippen molar-refractivity contribution in [2.45, 2.75) is 0 Å². The third-order valence-electron chi connectivity index (χ3n) is 0.163. The van der Waals surface area contributed by atoms with Crippen molar-refractivity contribution in [2.24, 2.45) is 0 Å². The van der Waals surface area contributed by atoms with Crippen LogP contribution in [0.1, 0.15) is 0 Å². The Bertz CT molecular complexity index is 42.9. The Labute approximate surface area is 33.2 Å². The van der Waals surface area contributed by atoms with E-state index in [0.29, 0.717) is 0 Å². The summed E-state index contributed by atoms with van der Waals surface area (Å²) in [6, 6.07) is 0. The Morgan fingerprint density at radius 1 is 1.80 bits per heavy atom. The summed E-state index contributed by atoms with van der Waals surface area (Å²) in [4.78, 5) is 0. The molecule has 0 radical (unpaired) electrons. The van der Waals surface area contributed by atoms with E-state index in [1.165, 1.54) is 0 Å². The van der Waals surface area contributed by atoms with Gasteiger partial charge >= 0.3 is 0 Å². The molecule has 0 aliphatic heterocycles. The molecule has 1 unspecified atom stereocenters. The van der Waals surface area contributed by atoms with E-state index in [2.05, 4.69) is 5.87 Å². The van der Waals surface area contributed by atoms with Crippen molar-refractivity contribution >= 4 is 16.6 Å². The van der Waals surface area contributed by atoms with E-state index in [9.17, 15) is 0 Å². The van der Waals surface area contributed by atoms with E-state index < -0.39 is 10.8 Å². The molecule has 32 valence electrons. The minimum absolute atomic E-state index is 0.185. The molecule has 0 aliphatic carbocycles. The number of aliphatic hydroxyl groups is 1. The Balaban J connectivity index is 2.85. The predicted octanol–water partition coefficient (Wildman–Crippen LogP) is -0.808. The predicted molar refractivity (Wildman–Crippen MR) is 25.6 cm³/mol. The van der Waals surface area contributed by atoms with Crippen LogP contribution in [0.25, 0.3) is 0 Å². The third-order valence-corrected chi connectivity index (χ3v) is 0.490. The second kappa shape index (κ2) is 2.38. The fraction of sp³-hybridized carbons (Fsp3) is 0.500. The minimum Gasteiger partial charge on any atom is -0.353 e. The highest BCUT2D eigenvalue weighted by molar-refractivity contribution is 7.88. The molecule has 3 heteroatoms. The molecule has 0 saturated heterocycles. The van der Waals surface area contributed by atoms with Gasteiger partial charge < -0.3 is 5.11 Å². The Kier molecular flexibility index (Phi) is 2.45. The Morgan fingerprint density at radius 3 is 2.00 bits per heavy atom. The monoisotopic (exact) mass is 95.0 g/mol. The summed E-state index contributed by atoms with van der Waals surface area (Å²) in [5.74, 6) is 2.94. The van der Waals surface area contributed by atoms with Gasteiger partial charge in [0.2, 0.25) is 0 Å². The molecule has 5 heavy (non-hydrogen) atoms. The molecule has 0 aromatic rings. The summed E-state index contributed by atoms with van der Waals surface area (Å²) in [6.45, 7) is 0. The highest BCUT2D eigenvalue weighted by atomic mass is 32.2. The highest BCUT2D eigenvalue weighted by Crippen LogP contribution is 1.59. The van der Waals surface area contributed by atoms with Crippen LogP contribution in [-0.2, 0) is 10.8 Å². The van der Waals surface area contributed by atoms with Gasteiger partial charge in [-0.1, -0.05) is 0 Å². The normalized spacial score (nSPS) is 14.8. The summed E-state index contributed by atoms with van der Waals surface area (Å²) < 4.78 is 8.06. The second-order valence-corrected chi connectivity index (χ2v) is 1.94. The van der Waals surface area contributed by atoms with Crippen LogP contribution < -0.4 is 0 Å². The molecule has 0 amide bonds. The SMILES string of the molecule is C=[SH+](O)CO. The van der Waals surface area contributed by atoms with Gasteiger partial charge in [0.25, 0.3) is 0 Å². The molecule has 1 atom stereocenters. The topological polar surface area (TPSA) is 40.5 Å². The molecule has 0 rings (SSSR count). The fourth-order valence-electron chi connectivity index (χ4n) is 0. The van der Waals surface area contributed by atoms with E-state index in [4.69, 9.17) is 9.66 Å². The van der Waals surface area contributed by atoms with E-state index >= 15 is 0 Å². The van der Waals surface area contributed by atoms with E-state index in [1.807, 2.05) is 0 Å². The lowest BCUT2D eigenvalue weighted by atomic mass is 11.7. The fourth-order valence-corrected chi connectivity index (χ4v) is 0. The number of hydrogen-bond acceptors (Lipinski definition) is 2. The van der Waals surface area contributed by atoms with Gasteiger partial charge in [-0.3, -0.25) is 0 Å². The van der Waals surface area contributed by atoms with Crippen molar-refractivity contribution in [2.75, 3.05) is 5.94 Å². The zero-order valence-corrected chi connectivity index (χ0v) is 3.65. The first-order chi connectivity index (χ1) is 2.27. The van der Waals surface area contributed by atoms with Crippen LogP contribution in [0.5, 0.6) is 0 Å². The van der Waals surface area contributed by atoms with Gasteiger partial charge in [-0.25, -0.2) is 4.55 Å². The smallest absolute Gasteiger partial charge is 0.198 e. The van der Waals surface area contributed by atoms with Crippen molar-refractivity contribution in [3.05, 3.63) is 0 Å². The van der Waals surface area contributed by atoms with Gasteiger partial charge in [0.05, 0.1) is 5.87 Å². The van der Waals surface area contributed by atoms with E-state index in [-0.39, 0.29) is 5.94 Å². The molecule has 0 aliphatic rings. The third kappa shape index (κ3) is 4.14. The molecular formula is C2H7O2S+. The quantitative estimate of drug-likeness (QED) is 0.254. The summed E-state index contributed by atoms with van der Waals surface area (Å²) in [5.41, 5.74) is 0. The average Bonchev–Trinajstić information content (AvgIpc) is 1.38. The summed E-state index contributed by atoms with van der Waals surface area (Å²) in [6.07, 6.45) is 0. The van der Waals surface area contributed by atoms with Gasteiger partial charge in [-0.2, -0.15) is 0 Å². The summed E-state index contributed by atoms with van der Waals surface area (Å²) in [7, 11) is -1.29. The van der Waals surface area contributed by atoms with Crippen LogP contribution in [-0.4, -0.2) is 21.5 Å². The molecule has 0 aromatic heterocycles. The zero-order valence-electron chi connectivity index (χ0n) is 2.76. The molecule has 0 bridgehead atoms. The van der Waals surface area contributed by atoms with Crippen molar-refractivity contribution < 1.29 is 9.66 Å². The van der Waals surface area contributed by atoms with Crippen LogP contribution in [0.2, 0.25) is 0 Å². The number of rotatable bonds is 1. The van der Waals surface area contributed by atoms with Gasteiger partial charge in [0.1, 0.15) is 0 Å². The van der Waals surface area contributed by atoms with Crippen LogP contribution >= 0.6 is 0 Å². The standard InChI is InChI=1S/C2H6O2S/c1-5(4)2-3/h3-4H,1-2H2/p+1. The van der Waals surface area contributed by atoms with E-state index in [0.717, 1.165) is 0 Å². The first-order valence-corrected chi connectivity index (χ1v) is 2.81. The van der Waals surface area contributed by atoms with Crippen LogP contribution in [0.3, 0.4) is 0 Å². The molecule has 0 fully saturated rings. The number of hydrogen-bond donors (Lipinski definition) is 2. The lowest BCUT2D eigenvalue weighted by Crippen LogP contribution is -1.89. The number of thiol groups is 1. The summed E-state index contributed by atoms with van der Waals surface area (Å²) in [5, 5.41) is 7.86. The average molecular weight is 95.1 g/mol. The first-order valence-electron chi connectivity index (χ1n) is 1.15. The Hall–Kier alpha value is 0.140. The van der Waals surface area contributed by atoms with Gasteiger partial charge in [-0.05, 0) is 0 Å². The van der Waals surface area contributed by atoms with Gasteiger partial charge in [0, 0.05) is 10.8 Å². The zero-order chi connectivity index (χ0) is 4.28. The van der Waals surface area contributed by atoms with Crippen molar-refractivity contribution in [3.8, 4) is 0 Å². The maximum Gasteiger partial charge on any atom is 0.198 e. The largest absolute Gasteiger partial charge is 0.353 e. The van der Waals surface area contributed by atoms with Gasteiger partial charge in [0.15, 0.2) is 5.94 Å². The van der Waals surface area contributed by atoms with Crippen molar-refractivity contribution in [3.63, 3.8) is 0 Å². The molecule has 0 heterocycles. The summed E-state index contributed by atoms with van der Waals surface area (Å²) >= 11 is 0. The van der Waals surface area contributed by atoms with Gasteiger partial charge in [-0.15, -0.1) is 0 Å². The lowest BCUT2D eigenvalue weighted by molar-refractivity contribution is 0.364. The Morgan fingerprint density at radius 2 is 2.00 bits per heavy atom. The van der Waals surface area contributed by atoms with Crippen LogP contribution in [0.4, 0.5) is 0 Å². The maximum atomic E-state index is 8.06. The van der Waals surface area contributed by atoms with Crippen LogP contribution in [0, 0.1) is 0 Å². The molecular weight excluding hydrogens is 88.1 g/mol. The molecule has 0 saturated carbocycles. The maximum absolute atomic E-state index is 8.06. The molecule has 0 aromatic carbocycles. The van der Waals surface area contributed by atoms with Crippen molar-refractivity contribution in [1.29, 1.82) is 0 Å². The first kappa shape index (κ1) is 5.14. The minimum atomic E-state index is -1.29. The highest BCUT2D eigenvalue weighted by Gasteiger charge is 1.75. The molecule has 0 spiro atoms. The second-order valence-electron chi connectivity index (χ2n) is 0.648. The van der Waals surface area contributed by atoms with Crippen molar-refractivity contribution in [1.82, 2.24) is 0 Å². The van der Waals surface area contributed by atoms with E-state index in [1.54, 1.807) is 0 Å².